The van der Waals surface area contributed by atoms with Crippen LogP contribution in [0.25, 0.3) is 0 Å². The van der Waals surface area contributed by atoms with E-state index < -0.39 is 0 Å². The van der Waals surface area contributed by atoms with Crippen LogP contribution in [0.3, 0.4) is 0 Å². The average molecular weight is 257 g/mol. The Morgan fingerprint density at radius 2 is 2.19 bits per heavy atom. The molecule has 0 radical (unpaired) electrons. The van der Waals surface area contributed by atoms with E-state index in [0.717, 1.165) is 28.7 Å². The van der Waals surface area contributed by atoms with Crippen LogP contribution >= 0.6 is 24.2 Å². The lowest BCUT2D eigenvalue weighted by molar-refractivity contribution is 0.0825. The molecule has 0 saturated heterocycles. The van der Waals surface area contributed by atoms with Crippen LogP contribution in [0.1, 0.15) is 24.8 Å². The van der Waals surface area contributed by atoms with Gasteiger partial charge in [-0.15, -0.1) is 0 Å². The van der Waals surface area contributed by atoms with E-state index in [1.54, 1.807) is 0 Å². The molecule has 0 amide bonds. The first kappa shape index (κ1) is 12.1. The minimum absolute atomic E-state index is 0.315. The molecular weight excluding hydrogens is 240 g/mol. The Morgan fingerprint density at radius 1 is 1.44 bits per heavy atom. The lowest BCUT2D eigenvalue weighted by atomic mass is 9.71. The summed E-state index contributed by atoms with van der Waals surface area (Å²) in [5.74, 6) is 1.86. The van der Waals surface area contributed by atoms with Gasteiger partial charge in [-0.3, -0.25) is 0 Å². The Labute approximate surface area is 108 Å². The van der Waals surface area contributed by atoms with Crippen LogP contribution in [0, 0.1) is 12.3 Å². The van der Waals surface area contributed by atoms with Gasteiger partial charge in [0, 0.05) is 10.4 Å². The predicted molar refractivity (Wildman–Crippen MR) is 71.8 cm³/mol. The van der Waals surface area contributed by atoms with Gasteiger partial charge in [-0.05, 0) is 49.3 Å². The van der Waals surface area contributed by atoms with E-state index in [-0.39, 0.29) is 0 Å². The van der Waals surface area contributed by atoms with Gasteiger partial charge in [-0.1, -0.05) is 18.0 Å². The summed E-state index contributed by atoms with van der Waals surface area (Å²) in [5, 5.41) is 0.761. The number of thiol groups is 1. The largest absolute Gasteiger partial charge is 0.493 e. The Kier molecular flexibility index (Phi) is 3.70. The monoisotopic (exact) mass is 256 g/mol. The number of hydrogen-bond acceptors (Lipinski definition) is 2. The van der Waals surface area contributed by atoms with Gasteiger partial charge in [0.05, 0.1) is 6.61 Å². The molecule has 0 aromatic heterocycles. The van der Waals surface area contributed by atoms with E-state index in [1.165, 1.54) is 19.3 Å². The Bertz CT molecular complexity index is 369. The summed E-state index contributed by atoms with van der Waals surface area (Å²) in [7, 11) is 0. The second kappa shape index (κ2) is 4.89. The molecule has 0 spiro atoms. The molecular formula is C13H17ClOS. The maximum atomic E-state index is 5.90. The van der Waals surface area contributed by atoms with Crippen molar-refractivity contribution in [3.05, 3.63) is 28.8 Å². The lowest BCUT2D eigenvalue weighted by Gasteiger charge is -2.40. The second-order valence-electron chi connectivity index (χ2n) is 4.71. The highest BCUT2D eigenvalue weighted by atomic mass is 35.5. The van der Waals surface area contributed by atoms with Crippen molar-refractivity contribution in [1.29, 1.82) is 0 Å². The van der Waals surface area contributed by atoms with Gasteiger partial charge >= 0.3 is 0 Å². The van der Waals surface area contributed by atoms with Crippen LogP contribution in [-0.2, 0) is 0 Å². The standard InChI is InChI=1S/C13H17ClOS/c1-10-7-11(14)3-4-12(10)15-8-13(9-16)5-2-6-13/h3-4,7,16H,2,5-6,8-9H2,1H3. The Hall–Kier alpha value is -0.340. The summed E-state index contributed by atoms with van der Waals surface area (Å²) in [6.45, 7) is 2.80. The minimum atomic E-state index is 0.315. The molecule has 1 saturated carbocycles. The number of halogens is 1. The zero-order valence-electron chi connectivity index (χ0n) is 9.50. The van der Waals surface area contributed by atoms with E-state index in [9.17, 15) is 0 Å². The third-order valence-electron chi connectivity index (χ3n) is 3.42. The lowest BCUT2D eigenvalue weighted by Crippen LogP contribution is -2.37. The van der Waals surface area contributed by atoms with E-state index in [1.807, 2.05) is 25.1 Å². The first-order valence-electron chi connectivity index (χ1n) is 5.65. The molecule has 1 nitrogen and oxygen atoms in total. The summed E-state index contributed by atoms with van der Waals surface area (Å²) in [6.07, 6.45) is 3.79. The molecule has 1 aromatic carbocycles. The number of hydrogen-bond donors (Lipinski definition) is 1. The zero-order chi connectivity index (χ0) is 11.6. The second-order valence-corrected chi connectivity index (χ2v) is 5.46. The Morgan fingerprint density at radius 3 is 2.69 bits per heavy atom. The summed E-state index contributed by atoms with van der Waals surface area (Å²) in [5.41, 5.74) is 1.41. The van der Waals surface area contributed by atoms with Gasteiger partial charge in [-0.25, -0.2) is 0 Å². The fourth-order valence-corrected chi connectivity index (χ4v) is 2.66. The quantitative estimate of drug-likeness (QED) is 0.797. The maximum Gasteiger partial charge on any atom is 0.122 e. The number of rotatable bonds is 4. The molecule has 0 heterocycles. The van der Waals surface area contributed by atoms with Crippen molar-refractivity contribution < 1.29 is 4.74 Å². The molecule has 3 heteroatoms. The molecule has 88 valence electrons. The van der Waals surface area contributed by atoms with Gasteiger partial charge in [0.25, 0.3) is 0 Å². The first-order valence-corrected chi connectivity index (χ1v) is 6.66. The van der Waals surface area contributed by atoms with Crippen molar-refractivity contribution in [3.8, 4) is 5.75 Å². The maximum absolute atomic E-state index is 5.90. The smallest absolute Gasteiger partial charge is 0.122 e. The minimum Gasteiger partial charge on any atom is -0.493 e. The predicted octanol–water partition coefficient (Wildman–Crippen LogP) is 4.13. The van der Waals surface area contributed by atoms with Crippen LogP contribution in [0.2, 0.25) is 5.02 Å². The summed E-state index contributed by atoms with van der Waals surface area (Å²) in [4.78, 5) is 0. The Balaban J connectivity index is 1.99. The number of aryl methyl sites for hydroxylation is 1. The zero-order valence-corrected chi connectivity index (χ0v) is 11.2. The van der Waals surface area contributed by atoms with Crippen molar-refractivity contribution in [1.82, 2.24) is 0 Å². The van der Waals surface area contributed by atoms with Crippen molar-refractivity contribution in [2.45, 2.75) is 26.2 Å². The van der Waals surface area contributed by atoms with Crippen molar-refractivity contribution in [3.63, 3.8) is 0 Å². The van der Waals surface area contributed by atoms with E-state index in [2.05, 4.69) is 12.6 Å². The SMILES string of the molecule is Cc1cc(Cl)ccc1OCC1(CS)CCC1. The number of benzene rings is 1. The first-order chi connectivity index (χ1) is 7.65. The van der Waals surface area contributed by atoms with Crippen molar-refractivity contribution >= 4 is 24.2 Å². The fraction of sp³-hybridized carbons (Fsp3) is 0.538. The molecule has 16 heavy (non-hydrogen) atoms. The van der Waals surface area contributed by atoms with Crippen molar-refractivity contribution in [2.75, 3.05) is 12.4 Å². The highest BCUT2D eigenvalue weighted by Gasteiger charge is 2.36. The molecule has 0 atom stereocenters. The molecule has 1 aliphatic carbocycles. The van der Waals surface area contributed by atoms with Crippen LogP contribution in [0.4, 0.5) is 0 Å². The van der Waals surface area contributed by atoms with Crippen LogP contribution in [-0.4, -0.2) is 12.4 Å². The van der Waals surface area contributed by atoms with Crippen LogP contribution in [0.5, 0.6) is 5.75 Å². The van der Waals surface area contributed by atoms with Gasteiger partial charge in [-0.2, -0.15) is 12.6 Å². The fourth-order valence-electron chi connectivity index (χ4n) is 2.03. The highest BCUT2D eigenvalue weighted by Crippen LogP contribution is 2.42. The van der Waals surface area contributed by atoms with E-state index in [0.29, 0.717) is 5.41 Å². The molecule has 1 fully saturated rings. The third-order valence-corrected chi connectivity index (χ3v) is 4.33. The average Bonchev–Trinajstić information content (AvgIpc) is 2.19. The molecule has 1 aliphatic rings. The van der Waals surface area contributed by atoms with Gasteiger partial charge < -0.3 is 4.74 Å². The summed E-state index contributed by atoms with van der Waals surface area (Å²) < 4.78 is 5.88. The number of ether oxygens (including phenoxy) is 1. The molecule has 0 aliphatic heterocycles. The highest BCUT2D eigenvalue weighted by molar-refractivity contribution is 7.80. The molecule has 2 rings (SSSR count). The van der Waals surface area contributed by atoms with Crippen LogP contribution < -0.4 is 4.74 Å². The van der Waals surface area contributed by atoms with Gasteiger partial charge in [0.1, 0.15) is 5.75 Å². The molecule has 0 N–H and O–H groups in total. The molecule has 1 aromatic rings. The molecule has 0 unspecified atom stereocenters. The van der Waals surface area contributed by atoms with Gasteiger partial charge in [0.2, 0.25) is 0 Å². The summed E-state index contributed by atoms with van der Waals surface area (Å²) >= 11 is 10.3. The molecule has 0 bridgehead atoms. The topological polar surface area (TPSA) is 9.23 Å². The van der Waals surface area contributed by atoms with Crippen molar-refractivity contribution in [2.24, 2.45) is 5.41 Å². The van der Waals surface area contributed by atoms with E-state index >= 15 is 0 Å². The van der Waals surface area contributed by atoms with Gasteiger partial charge in [0.15, 0.2) is 0 Å². The third kappa shape index (κ3) is 2.49. The van der Waals surface area contributed by atoms with Crippen LogP contribution in [0.15, 0.2) is 18.2 Å². The summed E-state index contributed by atoms with van der Waals surface area (Å²) in [6, 6.07) is 5.76. The van der Waals surface area contributed by atoms with E-state index in [4.69, 9.17) is 16.3 Å². The normalized spacial score (nSPS) is 17.9.